The Bertz CT molecular complexity index is 763. The molecule has 0 saturated heterocycles. The molecule has 0 atom stereocenters. The van der Waals surface area contributed by atoms with Gasteiger partial charge in [0.25, 0.3) is 5.91 Å². The van der Waals surface area contributed by atoms with Crippen molar-refractivity contribution in [2.45, 2.75) is 6.54 Å². The zero-order valence-corrected chi connectivity index (χ0v) is 11.4. The van der Waals surface area contributed by atoms with E-state index in [1.54, 1.807) is 0 Å². The van der Waals surface area contributed by atoms with Gasteiger partial charge in [0, 0.05) is 6.54 Å². The number of nitrogens with two attached hydrogens (primary N) is 1. The summed E-state index contributed by atoms with van der Waals surface area (Å²) in [5.74, 6) is -0.257. The number of aromatic nitrogens is 2. The number of hydrogen-bond acceptors (Lipinski definition) is 5. The molecule has 2 aromatic carbocycles. The predicted molar refractivity (Wildman–Crippen MR) is 79.4 cm³/mol. The van der Waals surface area contributed by atoms with E-state index in [1.165, 1.54) is 0 Å². The van der Waals surface area contributed by atoms with E-state index in [0.29, 0.717) is 11.7 Å². The van der Waals surface area contributed by atoms with Crippen LogP contribution in [0.1, 0.15) is 15.4 Å². The molecule has 0 aliphatic heterocycles. The van der Waals surface area contributed by atoms with E-state index in [9.17, 15) is 4.79 Å². The molecule has 3 rings (SSSR count). The largest absolute Gasteiger partial charge is 0.374 e. The first-order chi connectivity index (χ1) is 9.74. The van der Waals surface area contributed by atoms with Crippen LogP contribution in [-0.2, 0) is 6.54 Å². The third kappa shape index (κ3) is 2.46. The number of carbonyl (C=O) groups excluding carboxylic acids is 1. The average molecular weight is 284 g/mol. The molecule has 100 valence electrons. The molecule has 5 nitrogen and oxygen atoms in total. The number of hydrogen-bond donors (Lipinski definition) is 2. The molecule has 0 bridgehead atoms. The monoisotopic (exact) mass is 284 g/mol. The Morgan fingerprint density at radius 3 is 2.75 bits per heavy atom. The fraction of sp³-hybridized carbons (Fsp3) is 0.0714. The molecule has 0 radical (unpaired) electrons. The summed E-state index contributed by atoms with van der Waals surface area (Å²) >= 11 is 1.08. The van der Waals surface area contributed by atoms with Gasteiger partial charge in [-0.3, -0.25) is 4.79 Å². The summed E-state index contributed by atoms with van der Waals surface area (Å²) in [7, 11) is 0. The summed E-state index contributed by atoms with van der Waals surface area (Å²) in [5.41, 5.74) is 6.53. The molecule has 1 amide bonds. The van der Waals surface area contributed by atoms with Gasteiger partial charge >= 0.3 is 0 Å². The van der Waals surface area contributed by atoms with Gasteiger partial charge in [0.05, 0.1) is 0 Å². The Kier molecular flexibility index (Phi) is 3.30. The van der Waals surface area contributed by atoms with Crippen LogP contribution in [0.3, 0.4) is 0 Å². The van der Waals surface area contributed by atoms with Crippen LogP contribution >= 0.6 is 11.3 Å². The number of nitrogen functional groups attached to an aromatic ring is 1. The summed E-state index contributed by atoms with van der Waals surface area (Å²) in [4.78, 5) is 11.9. The van der Waals surface area contributed by atoms with Crippen molar-refractivity contribution in [3.8, 4) is 0 Å². The van der Waals surface area contributed by atoms with Crippen molar-refractivity contribution in [1.29, 1.82) is 0 Å². The van der Waals surface area contributed by atoms with Crippen LogP contribution in [0.5, 0.6) is 0 Å². The molecule has 0 spiro atoms. The van der Waals surface area contributed by atoms with Gasteiger partial charge in [-0.05, 0) is 16.3 Å². The van der Waals surface area contributed by atoms with Crippen molar-refractivity contribution in [3.05, 3.63) is 53.0 Å². The molecule has 1 aromatic heterocycles. The third-order valence-electron chi connectivity index (χ3n) is 2.95. The molecular weight excluding hydrogens is 272 g/mol. The first-order valence-electron chi connectivity index (χ1n) is 6.08. The molecule has 0 aliphatic rings. The van der Waals surface area contributed by atoms with Crippen molar-refractivity contribution in [3.63, 3.8) is 0 Å². The van der Waals surface area contributed by atoms with E-state index >= 15 is 0 Å². The maximum atomic E-state index is 11.9. The molecule has 0 aliphatic carbocycles. The average Bonchev–Trinajstić information content (AvgIpc) is 2.91. The normalized spacial score (nSPS) is 10.6. The fourth-order valence-electron chi connectivity index (χ4n) is 2.02. The second kappa shape index (κ2) is 5.26. The molecule has 0 fully saturated rings. The molecular formula is C14H12N4OS. The van der Waals surface area contributed by atoms with Crippen molar-refractivity contribution in [2.24, 2.45) is 0 Å². The van der Waals surface area contributed by atoms with Gasteiger partial charge < -0.3 is 11.1 Å². The molecule has 0 saturated carbocycles. The number of fused-ring (bicyclic) bond motifs is 1. The zero-order chi connectivity index (χ0) is 13.9. The summed E-state index contributed by atoms with van der Waals surface area (Å²) < 4.78 is 0. The fourth-order valence-corrected chi connectivity index (χ4v) is 2.55. The molecule has 1 heterocycles. The first kappa shape index (κ1) is 12.6. The van der Waals surface area contributed by atoms with Crippen molar-refractivity contribution >= 4 is 33.1 Å². The van der Waals surface area contributed by atoms with Crippen molar-refractivity contribution < 1.29 is 4.79 Å². The predicted octanol–water partition coefficient (Wildman–Crippen LogP) is 2.20. The van der Waals surface area contributed by atoms with Crippen LogP contribution in [0, 0.1) is 0 Å². The Morgan fingerprint density at radius 2 is 1.95 bits per heavy atom. The second-order valence-electron chi connectivity index (χ2n) is 4.27. The minimum atomic E-state index is -0.257. The first-order valence-corrected chi connectivity index (χ1v) is 6.89. The van der Waals surface area contributed by atoms with E-state index in [-0.39, 0.29) is 10.9 Å². The third-order valence-corrected chi connectivity index (χ3v) is 3.71. The number of amides is 1. The van der Waals surface area contributed by atoms with Crippen molar-refractivity contribution in [2.75, 3.05) is 5.73 Å². The van der Waals surface area contributed by atoms with Crippen LogP contribution in [0.4, 0.5) is 5.13 Å². The number of carbonyl (C=O) groups is 1. The van der Waals surface area contributed by atoms with Crippen LogP contribution < -0.4 is 11.1 Å². The SMILES string of the molecule is Nc1nnc(C(=O)NCc2cccc3ccccc23)s1. The lowest BCUT2D eigenvalue weighted by Gasteiger charge is -2.07. The highest BCUT2D eigenvalue weighted by molar-refractivity contribution is 7.16. The molecule has 20 heavy (non-hydrogen) atoms. The highest BCUT2D eigenvalue weighted by atomic mass is 32.1. The maximum absolute atomic E-state index is 11.9. The van der Waals surface area contributed by atoms with E-state index in [1.807, 2.05) is 42.5 Å². The van der Waals surface area contributed by atoms with Gasteiger partial charge in [-0.15, -0.1) is 10.2 Å². The molecule has 3 aromatic rings. The van der Waals surface area contributed by atoms with E-state index in [0.717, 1.165) is 27.7 Å². The molecule has 3 N–H and O–H groups in total. The van der Waals surface area contributed by atoms with Crippen LogP contribution in [0.25, 0.3) is 10.8 Å². The smallest absolute Gasteiger partial charge is 0.282 e. The highest BCUT2D eigenvalue weighted by Gasteiger charge is 2.11. The second-order valence-corrected chi connectivity index (χ2v) is 5.28. The van der Waals surface area contributed by atoms with Gasteiger partial charge in [-0.1, -0.05) is 53.8 Å². The number of rotatable bonds is 3. The molecule has 6 heteroatoms. The minimum Gasteiger partial charge on any atom is -0.374 e. The Balaban J connectivity index is 1.79. The lowest BCUT2D eigenvalue weighted by atomic mass is 10.0. The number of anilines is 1. The summed E-state index contributed by atoms with van der Waals surface area (Å²) in [5, 5.41) is 13.0. The van der Waals surface area contributed by atoms with E-state index < -0.39 is 0 Å². The van der Waals surface area contributed by atoms with Gasteiger partial charge in [-0.25, -0.2) is 0 Å². The van der Waals surface area contributed by atoms with Gasteiger partial charge in [0.15, 0.2) is 0 Å². The Labute approximate surface area is 119 Å². The summed E-state index contributed by atoms with van der Waals surface area (Å²) in [6, 6.07) is 14.1. The Morgan fingerprint density at radius 1 is 1.15 bits per heavy atom. The topological polar surface area (TPSA) is 80.9 Å². The summed E-state index contributed by atoms with van der Waals surface area (Å²) in [6.07, 6.45) is 0. The minimum absolute atomic E-state index is 0.257. The highest BCUT2D eigenvalue weighted by Crippen LogP contribution is 2.18. The zero-order valence-electron chi connectivity index (χ0n) is 10.5. The van der Waals surface area contributed by atoms with Gasteiger partial charge in [0.2, 0.25) is 10.1 Å². The lowest BCUT2D eigenvalue weighted by molar-refractivity contribution is 0.0950. The van der Waals surface area contributed by atoms with Crippen LogP contribution in [0.15, 0.2) is 42.5 Å². The quantitative estimate of drug-likeness (QED) is 0.772. The maximum Gasteiger partial charge on any atom is 0.282 e. The standard InChI is InChI=1S/C14H12N4OS/c15-14-18-17-13(20-14)12(19)16-8-10-6-3-5-9-4-1-2-7-11(9)10/h1-7H,8H2,(H2,15,18)(H,16,19). The van der Waals surface area contributed by atoms with Crippen molar-refractivity contribution in [1.82, 2.24) is 15.5 Å². The Hall–Kier alpha value is -2.47. The van der Waals surface area contributed by atoms with Crippen LogP contribution in [0.2, 0.25) is 0 Å². The van der Waals surface area contributed by atoms with E-state index in [2.05, 4.69) is 15.5 Å². The summed E-state index contributed by atoms with van der Waals surface area (Å²) in [6.45, 7) is 0.444. The van der Waals surface area contributed by atoms with Gasteiger partial charge in [-0.2, -0.15) is 0 Å². The number of nitrogens with zero attached hydrogens (tertiary/aromatic N) is 2. The van der Waals surface area contributed by atoms with E-state index in [4.69, 9.17) is 5.73 Å². The number of benzene rings is 2. The molecule has 0 unspecified atom stereocenters. The van der Waals surface area contributed by atoms with Crippen LogP contribution in [-0.4, -0.2) is 16.1 Å². The van der Waals surface area contributed by atoms with Gasteiger partial charge in [0.1, 0.15) is 0 Å². The number of nitrogens with one attached hydrogen (secondary N) is 1. The lowest BCUT2D eigenvalue weighted by Crippen LogP contribution is -2.22.